The highest BCUT2D eigenvalue weighted by Gasteiger charge is 2.55. The number of esters is 4. The molecule has 0 bridgehead atoms. The second kappa shape index (κ2) is 29.5. The fourth-order valence-electron chi connectivity index (χ4n) is 8.45. The average Bonchev–Trinajstić information content (AvgIpc) is 3.48. The Morgan fingerprint density at radius 1 is 0.783 bits per heavy atom. The van der Waals surface area contributed by atoms with Gasteiger partial charge in [0, 0.05) is 89.5 Å². The Hall–Kier alpha value is -8.48. The topological polar surface area (TPSA) is 354 Å². The Morgan fingerprint density at radius 2 is 1.43 bits per heavy atom. The summed E-state index contributed by atoms with van der Waals surface area (Å²) in [5, 5.41) is 28.6. The molecule has 0 saturated carbocycles. The van der Waals surface area contributed by atoms with E-state index >= 15 is 0 Å². The highest BCUT2D eigenvalue weighted by molar-refractivity contribution is 7.86. The molecular weight excluding hydrogens is 1110 g/mol. The van der Waals surface area contributed by atoms with E-state index in [1.54, 1.807) is 48.7 Å². The number of hydrogen-bond acceptors (Lipinski definition) is 23. The number of carbonyl (C=O) groups excluding carboxylic acids is 7. The van der Waals surface area contributed by atoms with E-state index in [9.17, 15) is 46.5 Å². The van der Waals surface area contributed by atoms with Crippen LogP contribution >= 0.6 is 0 Å². The molecule has 0 aliphatic carbocycles. The van der Waals surface area contributed by atoms with Gasteiger partial charge in [-0.15, -0.1) is 5.10 Å². The quantitative estimate of drug-likeness (QED) is 0.0119. The van der Waals surface area contributed by atoms with E-state index < -0.39 is 95.0 Å². The predicted octanol–water partition coefficient (Wildman–Crippen LogP) is 3.67. The maximum atomic E-state index is 14.5. The molecule has 3 amide bonds. The van der Waals surface area contributed by atoms with Crippen LogP contribution in [0.2, 0.25) is 0 Å². The molecule has 1 aromatic heterocycles. The number of carbonyl (C=O) groups is 7. The largest absolute Gasteiger partial charge is 0.463 e. The van der Waals surface area contributed by atoms with E-state index in [0.29, 0.717) is 33.7 Å². The van der Waals surface area contributed by atoms with Crippen molar-refractivity contribution in [3.63, 3.8) is 0 Å². The zero-order valence-corrected chi connectivity index (χ0v) is 47.6. The molecule has 7 atom stereocenters. The van der Waals surface area contributed by atoms with Crippen molar-refractivity contribution < 1.29 is 84.4 Å². The van der Waals surface area contributed by atoms with Gasteiger partial charge in [-0.2, -0.15) is 18.6 Å². The van der Waals surface area contributed by atoms with Gasteiger partial charge in [0.25, 0.3) is 21.9 Å². The van der Waals surface area contributed by atoms with Crippen LogP contribution < -0.4 is 26.2 Å². The third kappa shape index (κ3) is 18.5. The summed E-state index contributed by atoms with van der Waals surface area (Å²) in [7, 11) is -0.687. The SMILES string of the molecule is CC(=O)N[C@H]1[C@H](O[C@@H](OCCOCCn2cc(CNC(=O)c3ccc(N=Nc4ccc(N(C)C)cc4)cc3)nn2)[C@@](C)(OC(C)=O)C(=O)NCCNc2cccc3c(S(=O)(=O)O)cccc23)O[C@H](COC(C)=O)[C@@H](OC(C)=O)[C@@H]1OC(C)=O. The van der Waals surface area contributed by atoms with Gasteiger partial charge >= 0.3 is 23.9 Å². The lowest BCUT2D eigenvalue weighted by Crippen LogP contribution is -2.68. The Kier molecular flexibility index (Phi) is 22.6. The van der Waals surface area contributed by atoms with Crippen molar-refractivity contribution in [1.29, 1.82) is 0 Å². The number of aromatic nitrogens is 3. The molecule has 4 aromatic carbocycles. The maximum absolute atomic E-state index is 14.5. The highest BCUT2D eigenvalue weighted by atomic mass is 32.2. The van der Waals surface area contributed by atoms with E-state index in [1.165, 1.54) is 29.8 Å². The van der Waals surface area contributed by atoms with Gasteiger partial charge in [0.05, 0.1) is 50.5 Å². The summed E-state index contributed by atoms with van der Waals surface area (Å²) in [6.45, 7) is 5.48. The smallest absolute Gasteiger partial charge is 0.303 e. The number of nitrogens with one attached hydrogen (secondary N) is 4. The predicted molar refractivity (Wildman–Crippen MR) is 294 cm³/mol. The first-order valence-corrected chi connectivity index (χ1v) is 27.3. The first kappa shape index (κ1) is 63.7. The lowest BCUT2D eigenvalue weighted by Gasteiger charge is -2.46. The van der Waals surface area contributed by atoms with Crippen LogP contribution in [-0.4, -0.2) is 166 Å². The van der Waals surface area contributed by atoms with Gasteiger partial charge < -0.3 is 64.1 Å². The number of nitrogens with zero attached hydrogens (tertiary/aromatic N) is 6. The van der Waals surface area contributed by atoms with Crippen LogP contribution in [0, 0.1) is 0 Å². The molecule has 2 heterocycles. The Labute approximate surface area is 477 Å². The van der Waals surface area contributed by atoms with E-state index in [1.807, 2.05) is 43.3 Å². The molecule has 0 unspecified atom stereocenters. The minimum absolute atomic E-state index is 0.00677. The maximum Gasteiger partial charge on any atom is 0.303 e. The van der Waals surface area contributed by atoms with Crippen molar-refractivity contribution in [2.75, 3.05) is 63.8 Å². The number of rotatable bonds is 28. The second-order valence-corrected chi connectivity index (χ2v) is 20.4. The first-order chi connectivity index (χ1) is 39.4. The van der Waals surface area contributed by atoms with Crippen LogP contribution in [0.4, 0.5) is 22.7 Å². The molecule has 1 aliphatic heterocycles. The second-order valence-electron chi connectivity index (χ2n) is 19.0. The van der Waals surface area contributed by atoms with Crippen LogP contribution in [0.3, 0.4) is 0 Å². The first-order valence-electron chi connectivity index (χ1n) is 25.8. The van der Waals surface area contributed by atoms with Crippen LogP contribution in [0.1, 0.15) is 57.6 Å². The van der Waals surface area contributed by atoms with Gasteiger partial charge in [0.1, 0.15) is 29.3 Å². The lowest BCUT2D eigenvalue weighted by molar-refractivity contribution is -0.338. The van der Waals surface area contributed by atoms with Gasteiger partial charge in [-0.3, -0.25) is 38.1 Å². The minimum atomic E-state index is -4.57. The van der Waals surface area contributed by atoms with E-state index in [4.69, 9.17) is 37.9 Å². The molecule has 0 spiro atoms. The third-order valence-corrected chi connectivity index (χ3v) is 13.1. The summed E-state index contributed by atoms with van der Waals surface area (Å²) in [4.78, 5) is 91.9. The van der Waals surface area contributed by atoms with Crippen LogP contribution in [0.5, 0.6) is 0 Å². The van der Waals surface area contributed by atoms with Crippen molar-refractivity contribution >= 4 is 85.2 Å². The van der Waals surface area contributed by atoms with Crippen molar-refractivity contribution in [3.8, 4) is 0 Å². The van der Waals surface area contributed by atoms with E-state index in [2.05, 4.69) is 41.8 Å². The van der Waals surface area contributed by atoms with Crippen LogP contribution in [0.15, 0.2) is 106 Å². The van der Waals surface area contributed by atoms with Crippen LogP contribution in [-0.2, 0) is 89.9 Å². The lowest BCUT2D eigenvalue weighted by atomic mass is 9.95. The Morgan fingerprint density at radius 3 is 2.06 bits per heavy atom. The zero-order chi connectivity index (χ0) is 60.4. The zero-order valence-electron chi connectivity index (χ0n) is 46.8. The number of hydrogen-bond donors (Lipinski definition) is 5. The average molecular weight is 1180 g/mol. The Balaban J connectivity index is 1.14. The standard InChI is InChI=1S/C54H66N10O18S/c1-32(65)58-47-49(79-35(4)68)48(78-34(3)67)45(31-77-33(2)66)80-51(47)81-53(54(6,82-36(5)69)52(71)56-24-23-55-44-13-9-12-43-42(44)11-10-14-46(43)83(72,73)74)76-28-27-75-26-25-64-30-40(61-62-64)29-57-50(70)37-15-17-38(18-16-37)59-60-39-19-21-41(22-20-39)63(7)8/h9-22,30,45,47-49,51,53,55H,23-29,31H2,1-8H3,(H,56,71)(H,57,70)(H,58,65)(H,72,73,74)/t45-,47-,48-,49-,51+,53-,54+/m1/s1. The monoisotopic (exact) mass is 1170 g/mol. The van der Waals surface area contributed by atoms with E-state index in [-0.39, 0.29) is 62.2 Å². The molecule has 1 saturated heterocycles. The molecule has 28 nitrogen and oxygen atoms in total. The summed E-state index contributed by atoms with van der Waals surface area (Å²) in [5.41, 5.74) is 1.12. The normalized spacial score (nSPS) is 18.0. The van der Waals surface area contributed by atoms with Gasteiger partial charge in [-0.05, 0) is 67.6 Å². The van der Waals surface area contributed by atoms with Gasteiger partial charge in [-0.1, -0.05) is 29.5 Å². The molecule has 1 fully saturated rings. The fourth-order valence-corrected chi connectivity index (χ4v) is 9.16. The Bertz CT molecular complexity index is 3230. The van der Waals surface area contributed by atoms with Crippen molar-refractivity contribution in [2.24, 2.45) is 10.2 Å². The third-order valence-electron chi connectivity index (χ3n) is 12.2. The number of anilines is 2. The molecular formula is C54H66N10O18S. The summed E-state index contributed by atoms with van der Waals surface area (Å²) < 4.78 is 82.1. The summed E-state index contributed by atoms with van der Waals surface area (Å²) in [6, 6.07) is 21.7. The molecule has 446 valence electrons. The number of benzene rings is 4. The van der Waals surface area contributed by atoms with Gasteiger partial charge in [-0.25, -0.2) is 4.68 Å². The molecule has 5 N–H and O–H groups in total. The number of amides is 3. The molecule has 29 heteroatoms. The molecule has 83 heavy (non-hydrogen) atoms. The van der Waals surface area contributed by atoms with Gasteiger partial charge in [0.2, 0.25) is 17.8 Å². The summed E-state index contributed by atoms with van der Waals surface area (Å²) >= 11 is 0. The molecule has 6 rings (SSSR count). The number of ether oxygens (including phenoxy) is 8. The van der Waals surface area contributed by atoms with Crippen molar-refractivity contribution in [2.45, 2.75) is 102 Å². The minimum Gasteiger partial charge on any atom is -0.463 e. The van der Waals surface area contributed by atoms with Gasteiger partial charge in [0.15, 0.2) is 18.5 Å². The highest BCUT2D eigenvalue weighted by Crippen LogP contribution is 2.33. The van der Waals surface area contributed by atoms with E-state index in [0.717, 1.165) is 40.3 Å². The summed E-state index contributed by atoms with van der Waals surface area (Å²) in [5.74, 6) is -5.56. The number of fused-ring (bicyclic) bond motifs is 1. The molecule has 1 aliphatic rings. The van der Waals surface area contributed by atoms with Crippen LogP contribution in [0.25, 0.3) is 10.8 Å². The summed E-state index contributed by atoms with van der Waals surface area (Å²) in [6.07, 6.45) is -6.70. The fraction of sp³-hybridized carbons (Fsp3) is 0.426. The van der Waals surface area contributed by atoms with Crippen molar-refractivity contribution in [3.05, 3.63) is 102 Å². The molecule has 0 radical (unpaired) electrons. The van der Waals surface area contributed by atoms with Crippen molar-refractivity contribution in [1.82, 2.24) is 30.9 Å². The number of azo groups is 1. The molecule has 5 aromatic rings.